The fourth-order valence-corrected chi connectivity index (χ4v) is 1.66. The number of hydrogen-bond donors (Lipinski definition) is 1. The van der Waals surface area contributed by atoms with E-state index < -0.39 is 0 Å². The summed E-state index contributed by atoms with van der Waals surface area (Å²) in [6, 6.07) is 0. The van der Waals surface area contributed by atoms with E-state index in [1.54, 1.807) is 4.68 Å². The van der Waals surface area contributed by atoms with Gasteiger partial charge in [0.2, 0.25) is 0 Å². The molecular weight excluding hydrogens is 168 g/mol. The molecule has 0 amide bonds. The van der Waals surface area contributed by atoms with Gasteiger partial charge in [-0.15, -0.1) is 0 Å². The van der Waals surface area contributed by atoms with Crippen molar-refractivity contribution in [1.82, 2.24) is 9.78 Å². The summed E-state index contributed by atoms with van der Waals surface area (Å²) in [6.07, 6.45) is 4.37. The lowest BCUT2D eigenvalue weighted by Crippen LogP contribution is -2.19. The average Bonchev–Trinajstić information content (AvgIpc) is 2.64. The lowest BCUT2D eigenvalue weighted by molar-refractivity contribution is 0.118. The van der Waals surface area contributed by atoms with Crippen LogP contribution >= 0.6 is 0 Å². The predicted octanol–water partition coefficient (Wildman–Crippen LogP) is -0.0301. The van der Waals surface area contributed by atoms with Gasteiger partial charge in [0.05, 0.1) is 25.5 Å². The SMILES string of the molecule is Cn1cc(C[C@@H]2COC[C@H]2O)cn1. The minimum Gasteiger partial charge on any atom is -0.390 e. The van der Waals surface area contributed by atoms with Gasteiger partial charge in [0.15, 0.2) is 0 Å². The topological polar surface area (TPSA) is 47.3 Å². The Morgan fingerprint density at radius 2 is 2.54 bits per heavy atom. The number of aryl methyl sites for hydroxylation is 1. The van der Waals surface area contributed by atoms with Gasteiger partial charge in [-0.2, -0.15) is 5.10 Å². The molecule has 1 aliphatic rings. The molecule has 2 rings (SSSR count). The third-order valence-electron chi connectivity index (χ3n) is 2.42. The van der Waals surface area contributed by atoms with Gasteiger partial charge in [-0.3, -0.25) is 4.68 Å². The molecule has 1 aliphatic heterocycles. The zero-order valence-corrected chi connectivity index (χ0v) is 7.68. The molecule has 2 atom stereocenters. The van der Waals surface area contributed by atoms with E-state index in [-0.39, 0.29) is 12.0 Å². The largest absolute Gasteiger partial charge is 0.390 e. The molecule has 0 aromatic carbocycles. The van der Waals surface area contributed by atoms with Crippen molar-refractivity contribution in [3.05, 3.63) is 18.0 Å². The average molecular weight is 182 g/mol. The number of aliphatic hydroxyl groups excluding tert-OH is 1. The van der Waals surface area contributed by atoms with E-state index in [9.17, 15) is 5.11 Å². The lowest BCUT2D eigenvalue weighted by atomic mass is 9.99. The van der Waals surface area contributed by atoms with E-state index in [1.807, 2.05) is 19.4 Å². The molecule has 1 aromatic rings. The molecule has 0 bridgehead atoms. The summed E-state index contributed by atoms with van der Waals surface area (Å²) in [5.41, 5.74) is 1.16. The number of aliphatic hydroxyl groups is 1. The van der Waals surface area contributed by atoms with Crippen molar-refractivity contribution in [2.75, 3.05) is 13.2 Å². The van der Waals surface area contributed by atoms with Crippen molar-refractivity contribution in [3.8, 4) is 0 Å². The number of aromatic nitrogens is 2. The van der Waals surface area contributed by atoms with Gasteiger partial charge >= 0.3 is 0 Å². The molecule has 0 unspecified atom stereocenters. The molecule has 0 spiro atoms. The monoisotopic (exact) mass is 182 g/mol. The highest BCUT2D eigenvalue weighted by Gasteiger charge is 2.26. The van der Waals surface area contributed by atoms with E-state index in [0.29, 0.717) is 13.2 Å². The van der Waals surface area contributed by atoms with E-state index >= 15 is 0 Å². The van der Waals surface area contributed by atoms with E-state index in [0.717, 1.165) is 12.0 Å². The Balaban J connectivity index is 1.97. The van der Waals surface area contributed by atoms with Crippen LogP contribution in [0.4, 0.5) is 0 Å². The second-order valence-electron chi connectivity index (χ2n) is 3.59. The second-order valence-corrected chi connectivity index (χ2v) is 3.59. The molecule has 4 heteroatoms. The Bertz CT molecular complexity index is 285. The third kappa shape index (κ3) is 1.89. The standard InChI is InChI=1S/C9H14N2O2/c1-11-4-7(3-10-11)2-8-5-13-6-9(8)12/h3-4,8-9,12H,2,5-6H2,1H3/t8-,9-/m1/s1. The van der Waals surface area contributed by atoms with E-state index in [2.05, 4.69) is 5.10 Å². The van der Waals surface area contributed by atoms with Gasteiger partial charge < -0.3 is 9.84 Å². The fourth-order valence-electron chi connectivity index (χ4n) is 1.66. The number of hydrogen-bond acceptors (Lipinski definition) is 3. The highest BCUT2D eigenvalue weighted by Crippen LogP contribution is 2.18. The van der Waals surface area contributed by atoms with Gasteiger partial charge in [0.1, 0.15) is 0 Å². The molecule has 72 valence electrons. The Kier molecular flexibility index (Phi) is 2.33. The zero-order valence-electron chi connectivity index (χ0n) is 7.68. The molecular formula is C9H14N2O2. The third-order valence-corrected chi connectivity index (χ3v) is 2.42. The molecule has 1 fully saturated rings. The lowest BCUT2D eigenvalue weighted by Gasteiger charge is -2.09. The zero-order chi connectivity index (χ0) is 9.26. The van der Waals surface area contributed by atoms with Crippen LogP contribution in [0.15, 0.2) is 12.4 Å². The van der Waals surface area contributed by atoms with Crippen LogP contribution in [0.5, 0.6) is 0 Å². The normalized spacial score (nSPS) is 28.2. The molecule has 1 saturated heterocycles. The van der Waals surface area contributed by atoms with Crippen molar-refractivity contribution < 1.29 is 9.84 Å². The number of rotatable bonds is 2. The first-order chi connectivity index (χ1) is 6.25. The maximum absolute atomic E-state index is 9.50. The highest BCUT2D eigenvalue weighted by molar-refractivity contribution is 5.05. The van der Waals surface area contributed by atoms with Crippen LogP contribution in [0.1, 0.15) is 5.56 Å². The summed E-state index contributed by atoms with van der Waals surface area (Å²) in [5.74, 6) is 0.240. The highest BCUT2D eigenvalue weighted by atomic mass is 16.5. The van der Waals surface area contributed by atoms with Crippen LogP contribution in [-0.4, -0.2) is 34.2 Å². The van der Waals surface area contributed by atoms with Crippen molar-refractivity contribution in [2.45, 2.75) is 12.5 Å². The van der Waals surface area contributed by atoms with Gasteiger partial charge in [-0.05, 0) is 12.0 Å². The van der Waals surface area contributed by atoms with Gasteiger partial charge in [-0.1, -0.05) is 0 Å². The summed E-state index contributed by atoms with van der Waals surface area (Å²) < 4.78 is 6.95. The predicted molar refractivity (Wildman–Crippen MR) is 47.2 cm³/mol. The second kappa shape index (κ2) is 3.47. The van der Waals surface area contributed by atoms with Crippen LogP contribution in [-0.2, 0) is 18.2 Å². The van der Waals surface area contributed by atoms with Crippen molar-refractivity contribution in [2.24, 2.45) is 13.0 Å². The molecule has 1 aromatic heterocycles. The molecule has 4 nitrogen and oxygen atoms in total. The van der Waals surface area contributed by atoms with Gasteiger partial charge in [0, 0.05) is 19.2 Å². The Labute approximate surface area is 77.1 Å². The summed E-state index contributed by atoms with van der Waals surface area (Å²) in [5, 5.41) is 13.6. The van der Waals surface area contributed by atoms with Crippen LogP contribution in [0.3, 0.4) is 0 Å². The van der Waals surface area contributed by atoms with Crippen molar-refractivity contribution >= 4 is 0 Å². The molecule has 0 radical (unpaired) electrons. The van der Waals surface area contributed by atoms with Crippen LogP contribution in [0.25, 0.3) is 0 Å². The summed E-state index contributed by atoms with van der Waals surface area (Å²) in [4.78, 5) is 0. The Morgan fingerprint density at radius 1 is 1.69 bits per heavy atom. The van der Waals surface area contributed by atoms with Gasteiger partial charge in [-0.25, -0.2) is 0 Å². The summed E-state index contributed by atoms with van der Waals surface area (Å²) in [7, 11) is 1.89. The summed E-state index contributed by atoms with van der Waals surface area (Å²) in [6.45, 7) is 1.14. The maximum Gasteiger partial charge on any atom is 0.0826 e. The molecule has 1 N–H and O–H groups in total. The minimum atomic E-state index is -0.305. The summed E-state index contributed by atoms with van der Waals surface area (Å²) >= 11 is 0. The first-order valence-electron chi connectivity index (χ1n) is 4.49. The fraction of sp³-hybridized carbons (Fsp3) is 0.667. The van der Waals surface area contributed by atoms with Crippen molar-refractivity contribution in [1.29, 1.82) is 0 Å². The van der Waals surface area contributed by atoms with E-state index in [4.69, 9.17) is 4.74 Å². The van der Waals surface area contributed by atoms with Crippen LogP contribution in [0, 0.1) is 5.92 Å². The molecule has 0 aliphatic carbocycles. The van der Waals surface area contributed by atoms with E-state index in [1.165, 1.54) is 0 Å². The van der Waals surface area contributed by atoms with Crippen LogP contribution in [0.2, 0.25) is 0 Å². The maximum atomic E-state index is 9.50. The first-order valence-corrected chi connectivity index (χ1v) is 4.49. The van der Waals surface area contributed by atoms with Crippen molar-refractivity contribution in [3.63, 3.8) is 0 Å². The minimum absolute atomic E-state index is 0.240. The Hall–Kier alpha value is -0.870. The molecule has 2 heterocycles. The molecule has 0 saturated carbocycles. The first kappa shape index (κ1) is 8.72. The quantitative estimate of drug-likeness (QED) is 0.698. The number of ether oxygens (including phenoxy) is 1. The van der Waals surface area contributed by atoms with Crippen LogP contribution < -0.4 is 0 Å². The smallest absolute Gasteiger partial charge is 0.0826 e. The molecule has 13 heavy (non-hydrogen) atoms. The Morgan fingerprint density at radius 3 is 3.08 bits per heavy atom. The van der Waals surface area contributed by atoms with Gasteiger partial charge in [0.25, 0.3) is 0 Å². The number of nitrogens with zero attached hydrogens (tertiary/aromatic N) is 2.